The van der Waals surface area contributed by atoms with Gasteiger partial charge in [-0.1, -0.05) is 42.1 Å². The number of carbonyl (C=O) groups excluding carboxylic acids is 2. The van der Waals surface area contributed by atoms with E-state index in [9.17, 15) is 19.7 Å². The van der Waals surface area contributed by atoms with E-state index in [1.807, 2.05) is 24.3 Å². The average molecular weight is 457 g/mol. The third kappa shape index (κ3) is 5.25. The molecule has 10 nitrogen and oxygen atoms in total. The van der Waals surface area contributed by atoms with Crippen LogP contribution in [0.4, 0.5) is 5.69 Å². The lowest BCUT2D eigenvalue weighted by atomic mass is 10.0. The first kappa shape index (κ1) is 23.3. The van der Waals surface area contributed by atoms with E-state index >= 15 is 0 Å². The van der Waals surface area contributed by atoms with Crippen molar-refractivity contribution >= 4 is 40.2 Å². The second kappa shape index (κ2) is 10.3. The molecule has 2 amide bonds. The summed E-state index contributed by atoms with van der Waals surface area (Å²) < 4.78 is 0. The molecule has 0 saturated heterocycles. The number of hydrogen-bond donors (Lipinski definition) is 5. The van der Waals surface area contributed by atoms with E-state index < -0.39 is 28.8 Å². The molecule has 1 aromatic heterocycles. The van der Waals surface area contributed by atoms with Crippen LogP contribution in [0.1, 0.15) is 12.0 Å². The Morgan fingerprint density at radius 1 is 1.16 bits per heavy atom. The van der Waals surface area contributed by atoms with Crippen LogP contribution in [0.3, 0.4) is 0 Å². The number of nitrogens with zero attached hydrogens (tertiary/aromatic N) is 1. The largest absolute Gasteiger partial charge is 0.368 e. The summed E-state index contributed by atoms with van der Waals surface area (Å²) in [6.07, 6.45) is 0.354. The van der Waals surface area contributed by atoms with Gasteiger partial charge in [-0.2, -0.15) is 0 Å². The number of nitrogens with one attached hydrogen (secondary N) is 2. The van der Waals surface area contributed by atoms with Crippen LogP contribution >= 0.6 is 11.8 Å². The number of rotatable bonds is 10. The molecule has 2 aromatic carbocycles. The van der Waals surface area contributed by atoms with Crippen LogP contribution < -0.4 is 22.5 Å². The monoisotopic (exact) mass is 456 g/mol. The van der Waals surface area contributed by atoms with E-state index in [1.165, 1.54) is 17.8 Å². The number of aromatic nitrogens is 1. The minimum absolute atomic E-state index is 0.0328. The minimum Gasteiger partial charge on any atom is -0.368 e. The maximum Gasteiger partial charge on any atom is 0.283 e. The van der Waals surface area contributed by atoms with Gasteiger partial charge in [-0.25, -0.2) is 0 Å². The molecule has 0 radical (unpaired) electrons. The zero-order valence-electron chi connectivity index (χ0n) is 17.1. The molecule has 0 aliphatic heterocycles. The van der Waals surface area contributed by atoms with Crippen molar-refractivity contribution in [3.05, 3.63) is 64.2 Å². The molecular formula is C21H24N6O4S. The summed E-state index contributed by atoms with van der Waals surface area (Å²) in [6.45, 7) is 0.231. The van der Waals surface area contributed by atoms with Crippen molar-refractivity contribution in [3.63, 3.8) is 0 Å². The molecule has 3 rings (SSSR count). The number of nitrogens with two attached hydrogens (primary N) is 3. The van der Waals surface area contributed by atoms with Crippen molar-refractivity contribution < 1.29 is 14.5 Å². The third-order valence-corrected chi connectivity index (χ3v) is 6.05. The molecule has 0 aliphatic carbocycles. The van der Waals surface area contributed by atoms with Crippen LogP contribution in [-0.4, -0.2) is 40.4 Å². The number of nitro groups is 1. The molecule has 0 unspecified atom stereocenters. The van der Waals surface area contributed by atoms with Crippen LogP contribution in [0.25, 0.3) is 10.9 Å². The highest BCUT2D eigenvalue weighted by atomic mass is 32.2. The van der Waals surface area contributed by atoms with Gasteiger partial charge in [0.1, 0.15) is 6.04 Å². The Labute approximate surface area is 188 Å². The van der Waals surface area contributed by atoms with Gasteiger partial charge in [-0.3, -0.25) is 19.7 Å². The van der Waals surface area contributed by atoms with Gasteiger partial charge in [0.05, 0.1) is 20.9 Å². The Morgan fingerprint density at radius 3 is 2.53 bits per heavy atom. The van der Waals surface area contributed by atoms with Crippen LogP contribution in [-0.2, 0) is 16.0 Å². The topological polar surface area (TPSA) is 183 Å². The Hall–Kier alpha value is -3.41. The van der Waals surface area contributed by atoms with E-state index in [0.29, 0.717) is 15.5 Å². The molecule has 0 spiro atoms. The van der Waals surface area contributed by atoms with Gasteiger partial charge in [0.2, 0.25) is 11.8 Å². The summed E-state index contributed by atoms with van der Waals surface area (Å²) in [5, 5.41) is 15.5. The minimum atomic E-state index is -1.02. The summed E-state index contributed by atoms with van der Waals surface area (Å²) in [4.78, 5) is 39.1. The van der Waals surface area contributed by atoms with Crippen LogP contribution in [0.15, 0.2) is 58.5 Å². The van der Waals surface area contributed by atoms with Crippen molar-refractivity contribution in [3.8, 4) is 0 Å². The molecule has 0 aliphatic rings. The summed E-state index contributed by atoms with van der Waals surface area (Å²) in [5.74, 6) is -1.24. The van der Waals surface area contributed by atoms with Gasteiger partial charge in [-0.15, -0.1) is 0 Å². The smallest absolute Gasteiger partial charge is 0.283 e. The first-order valence-electron chi connectivity index (χ1n) is 9.88. The summed E-state index contributed by atoms with van der Waals surface area (Å²) >= 11 is 1.18. The number of hydrogen-bond acceptors (Lipinski definition) is 7. The van der Waals surface area contributed by atoms with E-state index in [4.69, 9.17) is 17.2 Å². The molecular weight excluding hydrogens is 432 g/mol. The SMILES string of the molecule is NCC[C@H](N)C(=O)N[C@@H](Cc1c(Sc2ccccc2[N+](=O)[O-])[nH]c2ccccc12)C(N)=O. The number of benzene rings is 2. The number of nitro benzene ring substituents is 1. The molecule has 11 heteroatoms. The van der Waals surface area contributed by atoms with Gasteiger partial charge in [0, 0.05) is 23.4 Å². The number of fused-ring (bicyclic) bond motifs is 1. The predicted molar refractivity (Wildman–Crippen MR) is 122 cm³/mol. The zero-order valence-corrected chi connectivity index (χ0v) is 17.9. The quantitative estimate of drug-likeness (QED) is 0.225. The Kier molecular flexibility index (Phi) is 7.46. The van der Waals surface area contributed by atoms with Crippen molar-refractivity contribution in [2.45, 2.75) is 34.8 Å². The summed E-state index contributed by atoms with van der Waals surface area (Å²) in [6, 6.07) is 11.9. The maximum absolute atomic E-state index is 12.3. The zero-order chi connectivity index (χ0) is 23.3. The van der Waals surface area contributed by atoms with Crippen LogP contribution in [0, 0.1) is 10.1 Å². The highest BCUT2D eigenvalue weighted by molar-refractivity contribution is 7.99. The molecule has 8 N–H and O–H groups in total. The molecule has 2 atom stereocenters. The Balaban J connectivity index is 1.97. The van der Waals surface area contributed by atoms with Gasteiger partial charge < -0.3 is 27.5 Å². The van der Waals surface area contributed by atoms with Crippen molar-refractivity contribution in [1.82, 2.24) is 10.3 Å². The molecule has 0 bridgehead atoms. The number of aromatic amines is 1. The molecule has 3 aromatic rings. The average Bonchev–Trinajstić information content (AvgIpc) is 3.10. The van der Waals surface area contributed by atoms with Crippen LogP contribution in [0.5, 0.6) is 0 Å². The molecule has 1 heterocycles. The van der Waals surface area contributed by atoms with E-state index in [0.717, 1.165) is 10.9 Å². The fraction of sp³-hybridized carbons (Fsp3) is 0.238. The van der Waals surface area contributed by atoms with Crippen molar-refractivity contribution in [1.29, 1.82) is 0 Å². The lowest BCUT2D eigenvalue weighted by Gasteiger charge is -2.19. The number of primary amides is 1. The van der Waals surface area contributed by atoms with Gasteiger partial charge >= 0.3 is 0 Å². The van der Waals surface area contributed by atoms with E-state index in [-0.39, 0.29) is 25.1 Å². The fourth-order valence-electron chi connectivity index (χ4n) is 3.29. The summed E-state index contributed by atoms with van der Waals surface area (Å²) in [7, 11) is 0. The molecule has 32 heavy (non-hydrogen) atoms. The number of carbonyl (C=O) groups is 2. The molecule has 168 valence electrons. The first-order chi connectivity index (χ1) is 15.3. The third-order valence-electron chi connectivity index (χ3n) is 4.93. The molecule has 0 fully saturated rings. The predicted octanol–water partition coefficient (Wildman–Crippen LogP) is 1.42. The van der Waals surface area contributed by atoms with Gasteiger partial charge in [-0.05, 0) is 30.7 Å². The number of H-pyrrole nitrogens is 1. The highest BCUT2D eigenvalue weighted by Gasteiger charge is 2.26. The fourth-order valence-corrected chi connectivity index (χ4v) is 4.38. The van der Waals surface area contributed by atoms with E-state index in [2.05, 4.69) is 10.3 Å². The second-order valence-electron chi connectivity index (χ2n) is 7.16. The normalized spacial score (nSPS) is 12.9. The molecule has 0 saturated carbocycles. The lowest BCUT2D eigenvalue weighted by molar-refractivity contribution is -0.387. The summed E-state index contributed by atoms with van der Waals surface area (Å²) in [5.41, 5.74) is 18.3. The van der Waals surface area contributed by atoms with Gasteiger partial charge in [0.15, 0.2) is 0 Å². The van der Waals surface area contributed by atoms with Crippen LogP contribution in [0.2, 0.25) is 0 Å². The van der Waals surface area contributed by atoms with E-state index in [1.54, 1.807) is 18.2 Å². The number of amides is 2. The lowest BCUT2D eigenvalue weighted by Crippen LogP contribution is -2.51. The Morgan fingerprint density at radius 2 is 1.84 bits per heavy atom. The number of para-hydroxylation sites is 2. The van der Waals surface area contributed by atoms with Gasteiger partial charge in [0.25, 0.3) is 5.69 Å². The first-order valence-corrected chi connectivity index (χ1v) is 10.7. The van der Waals surface area contributed by atoms with Crippen molar-refractivity contribution in [2.75, 3.05) is 6.54 Å². The van der Waals surface area contributed by atoms with Crippen molar-refractivity contribution in [2.24, 2.45) is 17.2 Å². The standard InChI is InChI=1S/C21H24N6O4S/c22-10-9-14(23)20(29)25-16(19(24)28)11-13-12-5-1-2-6-15(12)26-21(13)32-18-8-4-3-7-17(18)27(30)31/h1-8,14,16,26H,9-11,22-23H2,(H2,24,28)(H,25,29)/t14-,16-/m0/s1. The highest BCUT2D eigenvalue weighted by Crippen LogP contribution is 2.38. The Bertz CT molecular complexity index is 1150. The second-order valence-corrected chi connectivity index (χ2v) is 8.21. The maximum atomic E-state index is 12.3.